The number of benzene rings is 1. The number of hydrogen-bond donors (Lipinski definition) is 1. The molecule has 3 heteroatoms. The van der Waals surface area contributed by atoms with E-state index in [0.717, 1.165) is 19.6 Å². The van der Waals surface area contributed by atoms with Gasteiger partial charge >= 0.3 is 0 Å². The summed E-state index contributed by atoms with van der Waals surface area (Å²) in [5.41, 5.74) is 7.18. The predicted octanol–water partition coefficient (Wildman–Crippen LogP) is 2.59. The van der Waals surface area contributed by atoms with E-state index in [-0.39, 0.29) is 6.04 Å². The van der Waals surface area contributed by atoms with Crippen molar-refractivity contribution in [3.05, 3.63) is 29.8 Å². The highest BCUT2D eigenvalue weighted by Gasteiger charge is 2.19. The molecule has 0 spiro atoms. The lowest BCUT2D eigenvalue weighted by Gasteiger charge is -2.25. The fraction of sp³-hybridized carbons (Fsp3) is 0.500. The van der Waals surface area contributed by atoms with Crippen molar-refractivity contribution in [2.75, 3.05) is 13.2 Å². The lowest BCUT2D eigenvalue weighted by Crippen LogP contribution is -2.29. The van der Waals surface area contributed by atoms with E-state index >= 15 is 0 Å². The van der Waals surface area contributed by atoms with Crippen molar-refractivity contribution < 1.29 is 4.74 Å². The minimum atomic E-state index is 0.177. The Morgan fingerprint density at radius 2 is 2.07 bits per heavy atom. The molecule has 15 heavy (non-hydrogen) atoms. The quantitative estimate of drug-likeness (QED) is 0.852. The number of nitrogens with two attached hydrogens (primary N) is 1. The smallest absolute Gasteiger partial charge is 0.0611 e. The Kier molecular flexibility index (Phi) is 3.67. The second-order valence-corrected chi connectivity index (χ2v) is 5.23. The van der Waals surface area contributed by atoms with Crippen LogP contribution in [-0.2, 0) is 4.74 Å². The third-order valence-corrected chi connectivity index (χ3v) is 3.81. The average molecular weight is 223 g/mol. The Labute approximate surface area is 95.2 Å². The lowest BCUT2D eigenvalue weighted by atomic mass is 10.1. The summed E-state index contributed by atoms with van der Waals surface area (Å²) in [5, 5.41) is 0.649. The molecule has 1 heterocycles. The monoisotopic (exact) mass is 223 g/mol. The van der Waals surface area contributed by atoms with Gasteiger partial charge in [0.2, 0.25) is 0 Å². The van der Waals surface area contributed by atoms with Gasteiger partial charge in [-0.15, -0.1) is 11.8 Å². The first kappa shape index (κ1) is 11.0. The van der Waals surface area contributed by atoms with Crippen molar-refractivity contribution in [3.63, 3.8) is 0 Å². The molecule has 1 aromatic rings. The Morgan fingerprint density at radius 1 is 1.40 bits per heavy atom. The summed E-state index contributed by atoms with van der Waals surface area (Å²) in [5.74, 6) is 0. The number of hydrogen-bond acceptors (Lipinski definition) is 3. The molecule has 1 fully saturated rings. The molecule has 1 aromatic carbocycles. The maximum Gasteiger partial charge on any atom is 0.0611 e. The SMILES string of the molecule is CCC(N)c1ccc(SC2COC2)cc1. The van der Waals surface area contributed by atoms with Crippen LogP contribution in [0.4, 0.5) is 0 Å². The van der Waals surface area contributed by atoms with E-state index in [0.29, 0.717) is 5.25 Å². The molecule has 0 radical (unpaired) electrons. The van der Waals surface area contributed by atoms with Gasteiger partial charge in [0.05, 0.1) is 18.5 Å². The third kappa shape index (κ3) is 2.74. The molecule has 1 unspecified atom stereocenters. The summed E-state index contributed by atoms with van der Waals surface area (Å²) in [7, 11) is 0. The van der Waals surface area contributed by atoms with Gasteiger partial charge in [0.15, 0.2) is 0 Å². The second-order valence-electron chi connectivity index (χ2n) is 3.86. The first-order valence-electron chi connectivity index (χ1n) is 5.39. The van der Waals surface area contributed by atoms with Gasteiger partial charge in [-0.3, -0.25) is 0 Å². The van der Waals surface area contributed by atoms with Crippen LogP contribution in [0, 0.1) is 0 Å². The molecule has 0 aromatic heterocycles. The zero-order valence-corrected chi connectivity index (χ0v) is 9.80. The van der Waals surface area contributed by atoms with E-state index in [9.17, 15) is 0 Å². The van der Waals surface area contributed by atoms with E-state index in [1.165, 1.54) is 10.5 Å². The second kappa shape index (κ2) is 5.01. The molecule has 2 N–H and O–H groups in total. The minimum absolute atomic E-state index is 0.177. The number of rotatable bonds is 4. The largest absolute Gasteiger partial charge is 0.379 e. The van der Waals surface area contributed by atoms with E-state index in [4.69, 9.17) is 10.5 Å². The molecule has 0 amide bonds. The van der Waals surface area contributed by atoms with E-state index < -0.39 is 0 Å². The van der Waals surface area contributed by atoms with Gasteiger partial charge in [-0.25, -0.2) is 0 Å². The van der Waals surface area contributed by atoms with Crippen LogP contribution in [0.25, 0.3) is 0 Å². The van der Waals surface area contributed by atoms with Gasteiger partial charge in [0.25, 0.3) is 0 Å². The number of thioether (sulfide) groups is 1. The highest BCUT2D eigenvalue weighted by molar-refractivity contribution is 8.00. The molecule has 1 aliphatic rings. The molecular formula is C12H17NOS. The molecule has 82 valence electrons. The molecule has 2 rings (SSSR count). The van der Waals surface area contributed by atoms with Gasteiger partial charge in [0, 0.05) is 10.9 Å². The Balaban J connectivity index is 1.96. The highest BCUT2D eigenvalue weighted by Crippen LogP contribution is 2.28. The van der Waals surface area contributed by atoms with Crippen molar-refractivity contribution in [1.29, 1.82) is 0 Å². The van der Waals surface area contributed by atoms with Crippen LogP contribution in [0.3, 0.4) is 0 Å². The van der Waals surface area contributed by atoms with Crippen molar-refractivity contribution in [2.45, 2.75) is 29.5 Å². The summed E-state index contributed by atoms with van der Waals surface area (Å²) >= 11 is 1.89. The Morgan fingerprint density at radius 3 is 2.53 bits per heavy atom. The zero-order chi connectivity index (χ0) is 10.7. The fourth-order valence-electron chi connectivity index (χ4n) is 1.50. The molecule has 1 aliphatic heterocycles. The molecule has 0 aliphatic carbocycles. The van der Waals surface area contributed by atoms with Crippen LogP contribution in [-0.4, -0.2) is 18.5 Å². The molecule has 0 bridgehead atoms. The summed E-state index contributed by atoms with van der Waals surface area (Å²) in [4.78, 5) is 1.32. The van der Waals surface area contributed by atoms with Gasteiger partial charge in [-0.05, 0) is 24.1 Å². The summed E-state index contributed by atoms with van der Waals surface area (Å²) in [6.45, 7) is 3.89. The standard InChI is InChI=1S/C12H17NOS/c1-2-12(13)9-3-5-10(6-4-9)15-11-7-14-8-11/h3-6,11-12H,2,7-8,13H2,1H3. The molecular weight excluding hydrogens is 206 g/mol. The minimum Gasteiger partial charge on any atom is -0.379 e. The summed E-state index contributed by atoms with van der Waals surface area (Å²) in [6.07, 6.45) is 0.989. The van der Waals surface area contributed by atoms with E-state index in [1.807, 2.05) is 11.8 Å². The van der Waals surface area contributed by atoms with Crippen LogP contribution >= 0.6 is 11.8 Å². The zero-order valence-electron chi connectivity index (χ0n) is 8.98. The Bertz CT molecular complexity index is 308. The van der Waals surface area contributed by atoms with Crippen molar-refractivity contribution in [1.82, 2.24) is 0 Å². The molecule has 0 saturated carbocycles. The highest BCUT2D eigenvalue weighted by atomic mass is 32.2. The van der Waals surface area contributed by atoms with Crippen LogP contribution in [0.1, 0.15) is 24.9 Å². The normalized spacial score (nSPS) is 18.5. The first-order valence-corrected chi connectivity index (χ1v) is 6.27. The van der Waals surface area contributed by atoms with Crippen LogP contribution in [0.2, 0.25) is 0 Å². The van der Waals surface area contributed by atoms with Gasteiger partial charge in [-0.2, -0.15) is 0 Å². The summed E-state index contributed by atoms with van der Waals surface area (Å²) in [6, 6.07) is 8.77. The predicted molar refractivity (Wildman–Crippen MR) is 64.1 cm³/mol. The van der Waals surface area contributed by atoms with Crippen molar-refractivity contribution in [3.8, 4) is 0 Å². The van der Waals surface area contributed by atoms with Crippen LogP contribution < -0.4 is 5.73 Å². The lowest BCUT2D eigenvalue weighted by molar-refractivity contribution is 0.0455. The maximum atomic E-state index is 5.96. The summed E-state index contributed by atoms with van der Waals surface area (Å²) < 4.78 is 5.15. The van der Waals surface area contributed by atoms with Crippen molar-refractivity contribution in [2.24, 2.45) is 5.73 Å². The fourth-order valence-corrected chi connectivity index (χ4v) is 2.51. The number of ether oxygens (including phenoxy) is 1. The molecule has 1 saturated heterocycles. The average Bonchev–Trinajstić information content (AvgIpc) is 2.23. The Hall–Kier alpha value is -0.510. The first-order chi connectivity index (χ1) is 7.29. The van der Waals surface area contributed by atoms with E-state index in [1.54, 1.807) is 0 Å². The molecule has 1 atom stereocenters. The van der Waals surface area contributed by atoms with Crippen molar-refractivity contribution >= 4 is 11.8 Å². The van der Waals surface area contributed by atoms with E-state index in [2.05, 4.69) is 31.2 Å². The third-order valence-electron chi connectivity index (χ3n) is 2.66. The molecule has 2 nitrogen and oxygen atoms in total. The van der Waals surface area contributed by atoms with Crippen LogP contribution in [0.5, 0.6) is 0 Å². The maximum absolute atomic E-state index is 5.96. The topological polar surface area (TPSA) is 35.2 Å². The van der Waals surface area contributed by atoms with Gasteiger partial charge < -0.3 is 10.5 Å². The van der Waals surface area contributed by atoms with Gasteiger partial charge in [-0.1, -0.05) is 19.1 Å². The van der Waals surface area contributed by atoms with Gasteiger partial charge in [0.1, 0.15) is 0 Å². The van der Waals surface area contributed by atoms with Crippen LogP contribution in [0.15, 0.2) is 29.2 Å².